The molecule has 2 N–H and O–H groups in total. The number of anilines is 1. The van der Waals surface area contributed by atoms with Crippen LogP contribution < -0.4 is 5.32 Å². The average Bonchev–Trinajstić information content (AvgIpc) is 3.61. The molecule has 2 atom stereocenters. The fourth-order valence-electron chi connectivity index (χ4n) is 4.65. The van der Waals surface area contributed by atoms with Gasteiger partial charge in [-0.3, -0.25) is 4.68 Å². The Morgan fingerprint density at radius 3 is 2.83 bits per heavy atom. The summed E-state index contributed by atoms with van der Waals surface area (Å²) in [4.78, 5) is 16.4. The van der Waals surface area contributed by atoms with E-state index >= 15 is 0 Å². The van der Waals surface area contributed by atoms with E-state index in [9.17, 15) is 0 Å². The molecule has 0 aromatic carbocycles. The van der Waals surface area contributed by atoms with Gasteiger partial charge in [-0.25, -0.2) is 15.0 Å². The van der Waals surface area contributed by atoms with Gasteiger partial charge in [0.25, 0.3) is 0 Å². The largest absolute Gasteiger partial charge is 0.396 e. The molecule has 5 rings (SSSR count). The summed E-state index contributed by atoms with van der Waals surface area (Å²) in [5.74, 6) is 2.20. The summed E-state index contributed by atoms with van der Waals surface area (Å²) in [5.41, 5.74) is 2.10. The molecule has 0 amide bonds. The molecule has 0 spiro atoms. The Morgan fingerprint density at radius 2 is 2.11 bits per heavy atom. The molecule has 1 aliphatic carbocycles. The van der Waals surface area contributed by atoms with Crippen LogP contribution in [0.2, 0.25) is 0 Å². The summed E-state index contributed by atoms with van der Waals surface area (Å²) in [6.07, 6.45) is 9.54. The van der Waals surface area contributed by atoms with Crippen LogP contribution in [0.3, 0.4) is 0 Å². The van der Waals surface area contributed by atoms with Crippen LogP contribution in [0.5, 0.6) is 0 Å². The molecule has 1 aliphatic rings. The molecule has 1 fully saturated rings. The monoisotopic (exact) mass is 495 g/mol. The fraction of sp³-hybridized carbons (Fsp3) is 0.520. The molecule has 10 heteroatoms. The highest BCUT2D eigenvalue weighted by Crippen LogP contribution is 2.41. The molecular formula is C25H33N7O2S. The Kier molecular flexibility index (Phi) is 6.86. The smallest absolute Gasteiger partial charge is 0.199 e. The third kappa shape index (κ3) is 4.82. The van der Waals surface area contributed by atoms with Crippen molar-refractivity contribution in [1.82, 2.24) is 29.3 Å². The lowest BCUT2D eigenvalue weighted by atomic mass is 10.1. The lowest BCUT2D eigenvalue weighted by Gasteiger charge is -2.16. The lowest BCUT2D eigenvalue weighted by molar-refractivity contribution is 0.0484. The number of aromatic nitrogens is 6. The van der Waals surface area contributed by atoms with E-state index in [2.05, 4.69) is 37.1 Å². The minimum Gasteiger partial charge on any atom is -0.396 e. The van der Waals surface area contributed by atoms with Gasteiger partial charge in [-0.1, -0.05) is 0 Å². The van der Waals surface area contributed by atoms with Gasteiger partial charge in [0, 0.05) is 50.9 Å². The van der Waals surface area contributed by atoms with E-state index < -0.39 is 0 Å². The van der Waals surface area contributed by atoms with E-state index in [0.717, 1.165) is 57.3 Å². The maximum atomic E-state index is 9.03. The van der Waals surface area contributed by atoms with Crippen LogP contribution in [0.25, 0.3) is 32.4 Å². The number of aliphatic hydroxyl groups excluding tert-OH is 1. The molecular weight excluding hydrogens is 462 g/mol. The van der Waals surface area contributed by atoms with E-state index in [-0.39, 0.29) is 18.8 Å². The molecule has 186 valence electrons. The second-order valence-electron chi connectivity index (χ2n) is 9.49. The lowest BCUT2D eigenvalue weighted by Crippen LogP contribution is -2.19. The summed E-state index contributed by atoms with van der Waals surface area (Å²) in [6, 6.07) is 2.65. The molecule has 1 saturated carbocycles. The van der Waals surface area contributed by atoms with Crippen molar-refractivity contribution >= 4 is 27.4 Å². The van der Waals surface area contributed by atoms with E-state index in [1.54, 1.807) is 17.5 Å². The predicted octanol–water partition coefficient (Wildman–Crippen LogP) is 4.58. The highest BCUT2D eigenvalue weighted by atomic mass is 32.1. The first-order chi connectivity index (χ1) is 16.9. The number of aryl methyl sites for hydroxylation is 2. The van der Waals surface area contributed by atoms with Crippen molar-refractivity contribution < 1.29 is 9.84 Å². The van der Waals surface area contributed by atoms with Crippen LogP contribution >= 0.6 is 11.3 Å². The Hall–Kier alpha value is -2.82. The van der Waals surface area contributed by atoms with Gasteiger partial charge >= 0.3 is 0 Å². The third-order valence-electron chi connectivity index (χ3n) is 6.56. The van der Waals surface area contributed by atoms with Crippen molar-refractivity contribution in [3.05, 3.63) is 30.2 Å². The maximum absolute atomic E-state index is 9.03. The van der Waals surface area contributed by atoms with Gasteiger partial charge in [0.05, 0.1) is 16.4 Å². The van der Waals surface area contributed by atoms with Gasteiger partial charge in [0.2, 0.25) is 0 Å². The second kappa shape index (κ2) is 10.0. The SMILES string of the molecule is Cc1c(-c2ccn(C(C)C)n2)sc2nc(-c3nccn3C)nc(N[C@@H]3CC[C@H](OCCCO)C3)c12. The van der Waals surface area contributed by atoms with Crippen molar-refractivity contribution in [3.63, 3.8) is 0 Å². The zero-order valence-electron chi connectivity index (χ0n) is 20.7. The van der Waals surface area contributed by atoms with E-state index in [1.807, 2.05) is 28.7 Å². The van der Waals surface area contributed by atoms with Crippen LogP contribution in [0.4, 0.5) is 5.82 Å². The quantitative estimate of drug-likeness (QED) is 0.328. The third-order valence-corrected chi connectivity index (χ3v) is 7.77. The van der Waals surface area contributed by atoms with Gasteiger partial charge in [-0.05, 0) is 58.1 Å². The molecule has 4 heterocycles. The summed E-state index contributed by atoms with van der Waals surface area (Å²) < 4.78 is 9.88. The number of hydrogen-bond acceptors (Lipinski definition) is 8. The number of fused-ring (bicyclic) bond motifs is 1. The zero-order chi connectivity index (χ0) is 24.5. The Labute approximate surface area is 209 Å². The van der Waals surface area contributed by atoms with Crippen molar-refractivity contribution in [2.45, 2.75) is 64.6 Å². The predicted molar refractivity (Wildman–Crippen MR) is 139 cm³/mol. The zero-order valence-corrected chi connectivity index (χ0v) is 21.5. The standard InChI is InChI=1S/C25H33N7O2S/c1-15(2)32-10-8-19(30-32)21-16(3)20-22(27-17-6-7-18(14-17)34-13-5-12-33)28-23(29-25(20)35-21)24-26-9-11-31(24)4/h8-11,15,17-18,33H,5-7,12-14H2,1-4H3,(H,27,28,29)/t17-,18+/m1/s1. The molecule has 0 aliphatic heterocycles. The van der Waals surface area contributed by atoms with Crippen LogP contribution in [-0.2, 0) is 11.8 Å². The van der Waals surface area contributed by atoms with Crippen LogP contribution in [-0.4, -0.2) is 59.8 Å². The molecule has 0 bridgehead atoms. The first-order valence-corrected chi connectivity index (χ1v) is 13.1. The van der Waals surface area contributed by atoms with E-state index in [1.165, 1.54) is 0 Å². The van der Waals surface area contributed by atoms with Gasteiger partial charge < -0.3 is 19.7 Å². The van der Waals surface area contributed by atoms with Crippen LogP contribution in [0.15, 0.2) is 24.7 Å². The molecule has 35 heavy (non-hydrogen) atoms. The second-order valence-corrected chi connectivity index (χ2v) is 10.5. The van der Waals surface area contributed by atoms with Crippen LogP contribution in [0.1, 0.15) is 51.1 Å². The van der Waals surface area contributed by atoms with E-state index in [4.69, 9.17) is 24.9 Å². The maximum Gasteiger partial charge on any atom is 0.199 e. The van der Waals surface area contributed by atoms with Gasteiger partial charge in [0.15, 0.2) is 11.6 Å². The van der Waals surface area contributed by atoms with Gasteiger partial charge in [-0.15, -0.1) is 11.3 Å². The number of imidazole rings is 1. The van der Waals surface area contributed by atoms with E-state index in [0.29, 0.717) is 24.9 Å². The number of ether oxygens (including phenoxy) is 1. The molecule has 4 aromatic heterocycles. The minimum atomic E-state index is 0.165. The molecule has 0 radical (unpaired) electrons. The Bertz CT molecular complexity index is 1310. The summed E-state index contributed by atoms with van der Waals surface area (Å²) in [5, 5.41) is 18.6. The number of hydrogen-bond donors (Lipinski definition) is 2. The molecule has 4 aromatic rings. The van der Waals surface area contributed by atoms with Crippen molar-refractivity contribution in [2.24, 2.45) is 7.05 Å². The minimum absolute atomic E-state index is 0.165. The number of thiophene rings is 1. The Morgan fingerprint density at radius 1 is 1.26 bits per heavy atom. The fourth-order valence-corrected chi connectivity index (χ4v) is 5.79. The highest BCUT2D eigenvalue weighted by Gasteiger charge is 2.28. The normalized spacial score (nSPS) is 18.2. The van der Waals surface area contributed by atoms with Gasteiger partial charge in [0.1, 0.15) is 16.3 Å². The number of rotatable bonds is 9. The molecule has 0 saturated heterocycles. The molecule has 0 unspecified atom stereocenters. The number of aliphatic hydroxyl groups is 1. The van der Waals surface area contributed by atoms with Crippen LogP contribution in [0, 0.1) is 6.92 Å². The van der Waals surface area contributed by atoms with Crippen molar-refractivity contribution in [2.75, 3.05) is 18.5 Å². The first-order valence-electron chi connectivity index (χ1n) is 12.3. The summed E-state index contributed by atoms with van der Waals surface area (Å²) in [7, 11) is 1.96. The first kappa shape index (κ1) is 23.9. The highest BCUT2D eigenvalue weighted by molar-refractivity contribution is 7.22. The van der Waals surface area contributed by atoms with Crippen molar-refractivity contribution in [1.29, 1.82) is 0 Å². The summed E-state index contributed by atoms with van der Waals surface area (Å²) >= 11 is 1.65. The number of nitrogens with zero attached hydrogens (tertiary/aromatic N) is 6. The molecule has 9 nitrogen and oxygen atoms in total. The Balaban J connectivity index is 1.52. The average molecular weight is 496 g/mol. The number of nitrogens with one attached hydrogen (secondary N) is 1. The summed E-state index contributed by atoms with van der Waals surface area (Å²) in [6.45, 7) is 7.16. The van der Waals surface area contributed by atoms with Gasteiger partial charge in [-0.2, -0.15) is 5.10 Å². The topological polar surface area (TPSA) is 103 Å². The van der Waals surface area contributed by atoms with Crippen molar-refractivity contribution in [3.8, 4) is 22.2 Å².